The molecule has 1 N–H and O–H groups in total. The minimum Gasteiger partial charge on any atom is -0.381 e. The number of pyridine rings is 1. The van der Waals surface area contributed by atoms with Gasteiger partial charge in [0.15, 0.2) is 0 Å². The molecule has 1 saturated heterocycles. The molecule has 0 radical (unpaired) electrons. The number of alkyl halides is 3. The van der Waals surface area contributed by atoms with Crippen LogP contribution in [-0.4, -0.2) is 30.6 Å². The van der Waals surface area contributed by atoms with Crippen molar-refractivity contribution in [2.75, 3.05) is 19.8 Å². The van der Waals surface area contributed by atoms with Crippen LogP contribution >= 0.6 is 0 Å². The fourth-order valence-corrected chi connectivity index (χ4v) is 2.85. The number of hydrogen-bond donors (Lipinski definition) is 1. The van der Waals surface area contributed by atoms with Crippen LogP contribution in [0.4, 0.5) is 13.2 Å². The molecule has 1 aliphatic rings. The number of hydrogen-bond acceptors (Lipinski definition) is 3. The maximum absolute atomic E-state index is 12.8. The fourth-order valence-electron chi connectivity index (χ4n) is 2.85. The molecule has 0 bridgehead atoms. The topological polar surface area (TPSA) is 51.2 Å². The van der Waals surface area contributed by atoms with Gasteiger partial charge in [0.2, 0.25) is 0 Å². The minimum atomic E-state index is -4.49. The van der Waals surface area contributed by atoms with E-state index in [2.05, 4.69) is 10.3 Å². The highest BCUT2D eigenvalue weighted by molar-refractivity contribution is 5.94. The van der Waals surface area contributed by atoms with Crippen molar-refractivity contribution in [3.8, 4) is 11.3 Å². The van der Waals surface area contributed by atoms with Crippen LogP contribution in [0.15, 0.2) is 42.5 Å². The predicted molar refractivity (Wildman–Crippen MR) is 90.6 cm³/mol. The quantitative estimate of drug-likeness (QED) is 0.875. The second-order valence-corrected chi connectivity index (χ2v) is 6.26. The van der Waals surface area contributed by atoms with Gasteiger partial charge < -0.3 is 10.1 Å². The van der Waals surface area contributed by atoms with Gasteiger partial charge in [-0.15, -0.1) is 0 Å². The Kier molecular flexibility index (Phi) is 5.56. The molecule has 1 aliphatic heterocycles. The summed E-state index contributed by atoms with van der Waals surface area (Å²) in [6, 6.07) is 10.1. The molecular formula is C19H19F3N2O2. The molecule has 0 saturated carbocycles. The van der Waals surface area contributed by atoms with E-state index in [-0.39, 0.29) is 11.6 Å². The number of rotatable bonds is 5. The maximum atomic E-state index is 12.8. The van der Waals surface area contributed by atoms with Gasteiger partial charge in [-0.1, -0.05) is 18.2 Å². The highest BCUT2D eigenvalue weighted by atomic mass is 19.4. The first-order chi connectivity index (χ1) is 12.4. The number of carbonyl (C=O) groups is 1. The molecule has 7 heteroatoms. The number of aromatic nitrogens is 1. The lowest BCUT2D eigenvalue weighted by molar-refractivity contribution is -0.141. The Morgan fingerprint density at radius 2 is 1.96 bits per heavy atom. The molecule has 1 fully saturated rings. The molecule has 138 valence electrons. The van der Waals surface area contributed by atoms with Crippen LogP contribution in [0.25, 0.3) is 11.3 Å². The van der Waals surface area contributed by atoms with E-state index in [1.165, 1.54) is 12.1 Å². The summed E-state index contributed by atoms with van der Waals surface area (Å²) >= 11 is 0. The molecule has 1 atom stereocenters. The Labute approximate surface area is 149 Å². The summed E-state index contributed by atoms with van der Waals surface area (Å²) in [7, 11) is 0. The highest BCUT2D eigenvalue weighted by Gasteiger charge is 2.32. The van der Waals surface area contributed by atoms with Crippen LogP contribution in [0, 0.1) is 5.92 Å². The Balaban J connectivity index is 1.61. The van der Waals surface area contributed by atoms with Gasteiger partial charge in [0, 0.05) is 30.9 Å². The van der Waals surface area contributed by atoms with Gasteiger partial charge in [-0.2, -0.15) is 13.2 Å². The van der Waals surface area contributed by atoms with Gasteiger partial charge in [-0.25, -0.2) is 4.98 Å². The van der Waals surface area contributed by atoms with Crippen molar-refractivity contribution in [2.24, 2.45) is 5.92 Å². The van der Waals surface area contributed by atoms with Crippen molar-refractivity contribution in [1.82, 2.24) is 10.3 Å². The number of amides is 1. The summed E-state index contributed by atoms with van der Waals surface area (Å²) in [6.07, 6.45) is -2.59. The average Bonchev–Trinajstić information content (AvgIpc) is 3.15. The van der Waals surface area contributed by atoms with Gasteiger partial charge in [0.25, 0.3) is 5.91 Å². The third kappa shape index (κ3) is 4.60. The van der Waals surface area contributed by atoms with Crippen LogP contribution in [-0.2, 0) is 10.9 Å². The summed E-state index contributed by atoms with van der Waals surface area (Å²) in [5.74, 6) is 0.289. The van der Waals surface area contributed by atoms with E-state index < -0.39 is 11.9 Å². The van der Waals surface area contributed by atoms with Crippen LogP contribution < -0.4 is 5.32 Å². The molecule has 26 heavy (non-hydrogen) atoms. The van der Waals surface area contributed by atoms with E-state index in [1.54, 1.807) is 24.3 Å². The second-order valence-electron chi connectivity index (χ2n) is 6.26. The monoisotopic (exact) mass is 364 g/mol. The molecule has 1 aromatic heterocycles. The SMILES string of the molecule is O=C(NCC[C@H]1CCOC1)c1ccc(-c2cccc(C(F)(F)F)n2)cc1. The molecule has 2 aromatic rings. The fraction of sp³-hybridized carbons (Fsp3) is 0.368. The Morgan fingerprint density at radius 1 is 1.19 bits per heavy atom. The summed E-state index contributed by atoms with van der Waals surface area (Å²) in [6.45, 7) is 2.10. The third-order valence-corrected chi connectivity index (χ3v) is 4.34. The van der Waals surface area contributed by atoms with E-state index in [0.29, 0.717) is 23.6 Å². The van der Waals surface area contributed by atoms with E-state index in [9.17, 15) is 18.0 Å². The van der Waals surface area contributed by atoms with Crippen molar-refractivity contribution >= 4 is 5.91 Å². The van der Waals surface area contributed by atoms with E-state index >= 15 is 0 Å². The van der Waals surface area contributed by atoms with Gasteiger partial charge >= 0.3 is 6.18 Å². The number of carbonyl (C=O) groups excluding carboxylic acids is 1. The maximum Gasteiger partial charge on any atom is 0.433 e. The Morgan fingerprint density at radius 3 is 2.62 bits per heavy atom. The van der Waals surface area contributed by atoms with E-state index in [4.69, 9.17) is 4.74 Å². The van der Waals surface area contributed by atoms with E-state index in [0.717, 1.165) is 32.1 Å². The normalized spacial score (nSPS) is 17.3. The lowest BCUT2D eigenvalue weighted by Gasteiger charge is -2.10. The molecule has 4 nitrogen and oxygen atoms in total. The average molecular weight is 364 g/mol. The van der Waals surface area contributed by atoms with Crippen molar-refractivity contribution in [3.05, 3.63) is 53.7 Å². The number of benzene rings is 1. The van der Waals surface area contributed by atoms with Gasteiger partial charge in [0.05, 0.1) is 5.69 Å². The first kappa shape index (κ1) is 18.4. The van der Waals surface area contributed by atoms with Crippen LogP contribution in [0.5, 0.6) is 0 Å². The first-order valence-corrected chi connectivity index (χ1v) is 8.44. The Hall–Kier alpha value is -2.41. The molecule has 0 spiro atoms. The third-order valence-electron chi connectivity index (χ3n) is 4.34. The minimum absolute atomic E-state index is 0.201. The standard InChI is InChI=1S/C19H19F3N2O2/c20-19(21,22)17-3-1-2-16(24-17)14-4-6-15(7-5-14)18(25)23-10-8-13-9-11-26-12-13/h1-7,13H,8-12H2,(H,23,25)/t13-/m0/s1. The molecule has 2 heterocycles. The van der Waals surface area contributed by atoms with Crippen molar-refractivity contribution in [1.29, 1.82) is 0 Å². The van der Waals surface area contributed by atoms with Gasteiger partial charge in [-0.05, 0) is 43.0 Å². The second kappa shape index (κ2) is 7.86. The number of ether oxygens (including phenoxy) is 1. The van der Waals surface area contributed by atoms with Crippen molar-refractivity contribution < 1.29 is 22.7 Å². The highest BCUT2D eigenvalue weighted by Crippen LogP contribution is 2.29. The molecule has 0 aliphatic carbocycles. The van der Waals surface area contributed by atoms with Crippen molar-refractivity contribution in [3.63, 3.8) is 0 Å². The summed E-state index contributed by atoms with van der Waals surface area (Å²) < 4.78 is 43.6. The summed E-state index contributed by atoms with van der Waals surface area (Å²) in [5, 5.41) is 2.86. The predicted octanol–water partition coefficient (Wildman–Crippen LogP) is 3.92. The zero-order chi connectivity index (χ0) is 18.6. The zero-order valence-corrected chi connectivity index (χ0v) is 14.1. The molecule has 0 unspecified atom stereocenters. The first-order valence-electron chi connectivity index (χ1n) is 8.44. The van der Waals surface area contributed by atoms with Crippen LogP contribution in [0.1, 0.15) is 28.9 Å². The largest absolute Gasteiger partial charge is 0.433 e. The lowest BCUT2D eigenvalue weighted by Crippen LogP contribution is -2.26. The van der Waals surface area contributed by atoms with Crippen LogP contribution in [0.2, 0.25) is 0 Å². The van der Waals surface area contributed by atoms with Gasteiger partial charge in [0.1, 0.15) is 5.69 Å². The summed E-state index contributed by atoms with van der Waals surface area (Å²) in [4.78, 5) is 15.8. The number of nitrogens with one attached hydrogen (secondary N) is 1. The summed E-state index contributed by atoms with van der Waals surface area (Å²) in [5.41, 5.74) is 0.264. The molecular weight excluding hydrogens is 345 g/mol. The Bertz CT molecular complexity index is 754. The molecule has 1 aromatic carbocycles. The smallest absolute Gasteiger partial charge is 0.381 e. The van der Waals surface area contributed by atoms with Crippen LogP contribution in [0.3, 0.4) is 0 Å². The van der Waals surface area contributed by atoms with Crippen molar-refractivity contribution in [2.45, 2.75) is 19.0 Å². The van der Waals surface area contributed by atoms with E-state index in [1.807, 2.05) is 0 Å². The molecule has 3 rings (SSSR count). The molecule has 1 amide bonds. The number of nitrogens with zero attached hydrogens (tertiary/aromatic N) is 1. The lowest BCUT2D eigenvalue weighted by atomic mass is 10.0. The van der Waals surface area contributed by atoms with Gasteiger partial charge in [-0.3, -0.25) is 4.79 Å². The number of halogens is 3. The zero-order valence-electron chi connectivity index (χ0n) is 14.1.